The molecule has 0 aromatic carbocycles. The second-order valence-electron chi connectivity index (χ2n) is 4.82. The molecule has 98 valence electrons. The van der Waals surface area contributed by atoms with Gasteiger partial charge in [0.2, 0.25) is 10.9 Å². The van der Waals surface area contributed by atoms with Crippen LogP contribution in [0.15, 0.2) is 10.7 Å². The highest BCUT2D eigenvalue weighted by Gasteiger charge is 2.13. The highest BCUT2D eigenvalue weighted by molar-refractivity contribution is 8.01. The lowest BCUT2D eigenvalue weighted by molar-refractivity contribution is -0.122. The maximum atomic E-state index is 11.6. The molecule has 0 spiro atoms. The Morgan fingerprint density at radius 2 is 2.33 bits per heavy atom. The van der Waals surface area contributed by atoms with E-state index in [1.807, 2.05) is 20.8 Å². The zero-order valence-corrected chi connectivity index (χ0v) is 12.1. The second-order valence-corrected chi connectivity index (χ2v) is 7.12. The highest BCUT2D eigenvalue weighted by atomic mass is 32.2. The number of carbonyl (C=O) groups excluding carboxylic acids is 1. The topological polar surface area (TPSA) is 72.2 Å². The summed E-state index contributed by atoms with van der Waals surface area (Å²) in [5.74, 6) is 0.782. The van der Waals surface area contributed by atoms with E-state index in [0.29, 0.717) is 12.2 Å². The van der Waals surface area contributed by atoms with Crippen molar-refractivity contribution in [2.45, 2.75) is 37.1 Å². The first-order valence-corrected chi connectivity index (χ1v) is 7.35. The molecule has 0 aliphatic carbocycles. The van der Waals surface area contributed by atoms with Crippen LogP contribution in [-0.2, 0) is 4.79 Å². The van der Waals surface area contributed by atoms with Gasteiger partial charge in [-0.3, -0.25) is 4.79 Å². The number of aromatic nitrogens is 4. The predicted molar refractivity (Wildman–Crippen MR) is 71.9 cm³/mol. The molecule has 0 unspecified atom stereocenters. The number of thioether (sulfide) groups is 1. The molecule has 0 fully saturated rings. The lowest BCUT2D eigenvalue weighted by Crippen LogP contribution is -2.40. The van der Waals surface area contributed by atoms with Crippen molar-refractivity contribution in [2.75, 3.05) is 5.75 Å². The summed E-state index contributed by atoms with van der Waals surface area (Å²) >= 11 is 3.04. The molecule has 2 rings (SSSR count). The Morgan fingerprint density at radius 3 is 3.00 bits per heavy atom. The van der Waals surface area contributed by atoms with Gasteiger partial charge >= 0.3 is 0 Å². The highest BCUT2D eigenvalue weighted by Crippen LogP contribution is 2.23. The molecule has 1 N–H and O–H groups in total. The average Bonchev–Trinajstić information content (AvgIpc) is 2.74. The van der Waals surface area contributed by atoms with Crippen molar-refractivity contribution < 1.29 is 4.79 Å². The van der Waals surface area contributed by atoms with Crippen LogP contribution in [0.1, 0.15) is 27.2 Å². The van der Waals surface area contributed by atoms with Gasteiger partial charge < -0.3 is 5.32 Å². The quantitative estimate of drug-likeness (QED) is 0.864. The first kappa shape index (κ1) is 13.3. The van der Waals surface area contributed by atoms with Gasteiger partial charge in [0.05, 0.1) is 0 Å². The first-order valence-electron chi connectivity index (χ1n) is 5.55. The molecule has 0 bridgehead atoms. The predicted octanol–water partition coefficient (Wildman–Crippen LogP) is 1.58. The minimum Gasteiger partial charge on any atom is -0.351 e. The number of carbonyl (C=O) groups is 1. The summed E-state index contributed by atoms with van der Waals surface area (Å²) in [4.78, 5) is 12.4. The summed E-state index contributed by atoms with van der Waals surface area (Å²) in [6, 6.07) is 0. The molecule has 0 aliphatic heterocycles. The number of rotatable bonds is 4. The molecule has 0 saturated heterocycles. The first-order chi connectivity index (χ1) is 8.44. The average molecular weight is 285 g/mol. The van der Waals surface area contributed by atoms with Gasteiger partial charge in [0.25, 0.3) is 0 Å². The molecule has 1 amide bonds. The third kappa shape index (κ3) is 3.67. The molecular formula is C10H15N5OS2. The molecule has 18 heavy (non-hydrogen) atoms. The summed E-state index contributed by atoms with van der Waals surface area (Å²) < 4.78 is 2.55. The van der Waals surface area contributed by atoms with Gasteiger partial charge in [-0.2, -0.15) is 4.52 Å². The van der Waals surface area contributed by atoms with Crippen LogP contribution in [0.5, 0.6) is 0 Å². The Bertz CT molecular complexity index is 513. The SMILES string of the molecule is CC(C)(C)NC(=O)CCSc1nn2cnnc2s1. The molecule has 0 saturated carbocycles. The molecule has 2 aromatic heterocycles. The molecule has 0 radical (unpaired) electrons. The van der Waals surface area contributed by atoms with Crippen LogP contribution in [0.4, 0.5) is 0 Å². The van der Waals surface area contributed by atoms with E-state index >= 15 is 0 Å². The Labute approximate surface area is 113 Å². The van der Waals surface area contributed by atoms with Crippen LogP contribution in [0.2, 0.25) is 0 Å². The van der Waals surface area contributed by atoms with Gasteiger partial charge in [0.1, 0.15) is 6.33 Å². The second kappa shape index (κ2) is 5.23. The number of hydrogen-bond donors (Lipinski definition) is 1. The van der Waals surface area contributed by atoms with Crippen LogP contribution in [-0.4, -0.2) is 37.0 Å². The number of amides is 1. The Hall–Kier alpha value is -1.15. The summed E-state index contributed by atoms with van der Waals surface area (Å²) in [5, 5.41) is 14.9. The largest absolute Gasteiger partial charge is 0.351 e. The van der Waals surface area contributed by atoms with E-state index in [2.05, 4.69) is 20.6 Å². The van der Waals surface area contributed by atoms with Gasteiger partial charge in [0.15, 0.2) is 4.34 Å². The van der Waals surface area contributed by atoms with Crippen molar-refractivity contribution in [3.63, 3.8) is 0 Å². The van der Waals surface area contributed by atoms with Crippen LogP contribution in [0.3, 0.4) is 0 Å². The van der Waals surface area contributed by atoms with Crippen LogP contribution in [0, 0.1) is 0 Å². The van der Waals surface area contributed by atoms with Gasteiger partial charge in [-0.25, -0.2) is 0 Å². The summed E-state index contributed by atoms with van der Waals surface area (Å²) in [6.45, 7) is 5.92. The van der Waals surface area contributed by atoms with Crippen LogP contribution >= 0.6 is 23.1 Å². The van der Waals surface area contributed by atoms with Gasteiger partial charge in [-0.05, 0) is 20.8 Å². The fraction of sp³-hybridized carbons (Fsp3) is 0.600. The van der Waals surface area contributed by atoms with Crippen molar-refractivity contribution in [1.82, 2.24) is 25.1 Å². The number of nitrogens with one attached hydrogen (secondary N) is 1. The van der Waals surface area contributed by atoms with E-state index in [1.54, 1.807) is 22.6 Å². The lowest BCUT2D eigenvalue weighted by Gasteiger charge is -2.20. The molecule has 2 heterocycles. The van der Waals surface area contributed by atoms with Crippen molar-refractivity contribution >= 4 is 34.0 Å². The van der Waals surface area contributed by atoms with Crippen molar-refractivity contribution in [2.24, 2.45) is 0 Å². The third-order valence-corrected chi connectivity index (χ3v) is 3.99. The third-order valence-electron chi connectivity index (χ3n) is 1.94. The van der Waals surface area contributed by atoms with Crippen molar-refractivity contribution in [3.05, 3.63) is 6.33 Å². The Kier molecular flexibility index (Phi) is 3.86. The Morgan fingerprint density at radius 1 is 1.56 bits per heavy atom. The minimum absolute atomic E-state index is 0.0676. The summed E-state index contributed by atoms with van der Waals surface area (Å²) in [6.07, 6.45) is 2.06. The minimum atomic E-state index is -0.171. The van der Waals surface area contributed by atoms with E-state index in [4.69, 9.17) is 0 Å². The summed E-state index contributed by atoms with van der Waals surface area (Å²) in [7, 11) is 0. The van der Waals surface area contributed by atoms with E-state index in [0.717, 1.165) is 9.30 Å². The van der Waals surface area contributed by atoms with E-state index in [9.17, 15) is 4.79 Å². The maximum absolute atomic E-state index is 11.6. The molecule has 8 heteroatoms. The van der Waals surface area contributed by atoms with Crippen molar-refractivity contribution in [1.29, 1.82) is 0 Å². The van der Waals surface area contributed by atoms with Gasteiger partial charge in [0, 0.05) is 17.7 Å². The standard InChI is InChI=1S/C10H15N5OS2/c1-10(2,3)12-7(16)4-5-17-9-14-15-6-11-13-8(15)18-9/h6H,4-5H2,1-3H3,(H,12,16). The number of hydrogen-bond acceptors (Lipinski definition) is 6. The molecule has 6 nitrogen and oxygen atoms in total. The lowest BCUT2D eigenvalue weighted by atomic mass is 10.1. The van der Waals surface area contributed by atoms with Gasteiger partial charge in [-0.1, -0.05) is 23.1 Å². The summed E-state index contributed by atoms with van der Waals surface area (Å²) in [5.41, 5.74) is -0.171. The molecule has 0 aliphatic rings. The molecular weight excluding hydrogens is 270 g/mol. The van der Waals surface area contributed by atoms with E-state index < -0.39 is 0 Å². The van der Waals surface area contributed by atoms with Gasteiger partial charge in [-0.15, -0.1) is 15.3 Å². The van der Waals surface area contributed by atoms with Crippen molar-refractivity contribution in [3.8, 4) is 0 Å². The zero-order chi connectivity index (χ0) is 13.2. The van der Waals surface area contributed by atoms with E-state index in [-0.39, 0.29) is 11.4 Å². The molecule has 0 atom stereocenters. The number of fused-ring (bicyclic) bond motifs is 1. The zero-order valence-electron chi connectivity index (χ0n) is 10.5. The maximum Gasteiger partial charge on any atom is 0.235 e. The normalized spacial score (nSPS) is 11.9. The number of nitrogens with zero attached hydrogens (tertiary/aromatic N) is 4. The smallest absolute Gasteiger partial charge is 0.235 e. The van der Waals surface area contributed by atoms with E-state index in [1.165, 1.54) is 11.3 Å². The fourth-order valence-corrected chi connectivity index (χ4v) is 3.18. The monoisotopic (exact) mass is 285 g/mol. The Balaban J connectivity index is 1.78. The van der Waals surface area contributed by atoms with Crippen LogP contribution in [0.25, 0.3) is 4.96 Å². The molecule has 2 aromatic rings. The van der Waals surface area contributed by atoms with Crippen LogP contribution < -0.4 is 5.32 Å². The fourth-order valence-electron chi connectivity index (χ4n) is 1.31.